The van der Waals surface area contributed by atoms with Crippen LogP contribution in [0.4, 0.5) is 0 Å². The van der Waals surface area contributed by atoms with Gasteiger partial charge in [0.2, 0.25) is 0 Å². The van der Waals surface area contributed by atoms with E-state index in [1.807, 2.05) is 0 Å². The molecule has 0 aromatic rings. The van der Waals surface area contributed by atoms with E-state index >= 15 is 0 Å². The molecule has 4 heteroatoms. The van der Waals surface area contributed by atoms with E-state index < -0.39 is 0 Å². The van der Waals surface area contributed by atoms with Crippen LogP contribution in [0, 0.1) is 5.92 Å². The van der Waals surface area contributed by atoms with Crippen molar-refractivity contribution < 1.29 is 4.74 Å². The maximum atomic E-state index is 5.42. The molecule has 0 aromatic heterocycles. The van der Waals surface area contributed by atoms with Gasteiger partial charge in [-0.2, -0.15) is 0 Å². The lowest BCUT2D eigenvalue weighted by molar-refractivity contribution is 0.0731. The van der Waals surface area contributed by atoms with E-state index in [0.717, 1.165) is 25.7 Å². The fraction of sp³-hybridized carbons (Fsp3) is 1.00. The van der Waals surface area contributed by atoms with Gasteiger partial charge in [0, 0.05) is 45.9 Å². The molecule has 0 unspecified atom stereocenters. The first-order valence-corrected chi connectivity index (χ1v) is 7.61. The van der Waals surface area contributed by atoms with Crippen LogP contribution in [0.15, 0.2) is 0 Å². The number of nitrogens with one attached hydrogen (secondary N) is 1. The largest absolute Gasteiger partial charge is 0.380 e. The third-order valence-corrected chi connectivity index (χ3v) is 4.20. The SMILES string of the molecule is CCOCCN1CCN(CC2CCNCC2)CC1. The summed E-state index contributed by atoms with van der Waals surface area (Å²) in [7, 11) is 0. The number of nitrogens with zero attached hydrogens (tertiary/aromatic N) is 2. The first-order valence-electron chi connectivity index (χ1n) is 7.61. The summed E-state index contributed by atoms with van der Waals surface area (Å²) >= 11 is 0. The molecule has 2 fully saturated rings. The van der Waals surface area contributed by atoms with Crippen LogP contribution < -0.4 is 5.32 Å². The minimum absolute atomic E-state index is 0.843. The number of hydrogen-bond donors (Lipinski definition) is 1. The van der Waals surface area contributed by atoms with Crippen LogP contribution in [0.3, 0.4) is 0 Å². The Morgan fingerprint density at radius 2 is 1.72 bits per heavy atom. The normalized spacial score (nSPS) is 24.5. The van der Waals surface area contributed by atoms with Crippen LogP contribution in [0.2, 0.25) is 0 Å². The molecule has 1 N–H and O–H groups in total. The molecule has 106 valence electrons. The van der Waals surface area contributed by atoms with Crippen molar-refractivity contribution in [3.05, 3.63) is 0 Å². The fourth-order valence-corrected chi connectivity index (χ4v) is 2.96. The lowest BCUT2D eigenvalue weighted by Gasteiger charge is -2.37. The maximum Gasteiger partial charge on any atom is 0.0593 e. The van der Waals surface area contributed by atoms with Crippen LogP contribution in [0.5, 0.6) is 0 Å². The third-order valence-electron chi connectivity index (χ3n) is 4.20. The highest BCUT2D eigenvalue weighted by atomic mass is 16.5. The molecule has 0 aliphatic carbocycles. The zero-order valence-electron chi connectivity index (χ0n) is 11.9. The molecule has 0 spiro atoms. The Bertz CT molecular complexity index is 211. The Kier molecular flexibility index (Phi) is 6.41. The second kappa shape index (κ2) is 8.10. The summed E-state index contributed by atoms with van der Waals surface area (Å²) in [5.74, 6) is 0.932. The van der Waals surface area contributed by atoms with Gasteiger partial charge in [-0.25, -0.2) is 0 Å². The highest BCUT2D eigenvalue weighted by Crippen LogP contribution is 2.14. The predicted molar refractivity (Wildman–Crippen MR) is 75.0 cm³/mol. The van der Waals surface area contributed by atoms with Gasteiger partial charge in [-0.05, 0) is 38.8 Å². The predicted octanol–water partition coefficient (Wildman–Crippen LogP) is 0.640. The van der Waals surface area contributed by atoms with Crippen LogP contribution in [0.1, 0.15) is 19.8 Å². The van der Waals surface area contributed by atoms with E-state index in [4.69, 9.17) is 4.74 Å². The topological polar surface area (TPSA) is 27.7 Å². The minimum atomic E-state index is 0.843. The summed E-state index contributed by atoms with van der Waals surface area (Å²) < 4.78 is 5.42. The second-order valence-corrected chi connectivity index (χ2v) is 5.53. The van der Waals surface area contributed by atoms with Gasteiger partial charge in [0.15, 0.2) is 0 Å². The van der Waals surface area contributed by atoms with Crippen LogP contribution in [-0.2, 0) is 4.74 Å². The quantitative estimate of drug-likeness (QED) is 0.705. The van der Waals surface area contributed by atoms with E-state index in [9.17, 15) is 0 Å². The molecule has 2 aliphatic rings. The number of rotatable bonds is 6. The summed E-state index contributed by atoms with van der Waals surface area (Å²) in [6, 6.07) is 0. The van der Waals surface area contributed by atoms with Crippen molar-refractivity contribution in [2.75, 3.05) is 65.6 Å². The molecular formula is C14H29N3O. The fourth-order valence-electron chi connectivity index (χ4n) is 2.96. The molecule has 0 saturated carbocycles. The lowest BCUT2D eigenvalue weighted by Crippen LogP contribution is -2.49. The number of piperidine rings is 1. The molecule has 2 heterocycles. The van der Waals surface area contributed by atoms with Gasteiger partial charge < -0.3 is 15.0 Å². The van der Waals surface area contributed by atoms with Gasteiger partial charge in [-0.15, -0.1) is 0 Å². The minimum Gasteiger partial charge on any atom is -0.380 e. The third kappa shape index (κ3) is 4.84. The molecule has 18 heavy (non-hydrogen) atoms. The molecule has 2 aliphatic heterocycles. The Balaban J connectivity index is 1.57. The first kappa shape index (κ1) is 14.3. The molecule has 0 aromatic carbocycles. The van der Waals surface area contributed by atoms with Gasteiger partial charge in [0.1, 0.15) is 0 Å². The Hall–Kier alpha value is -0.160. The summed E-state index contributed by atoms with van der Waals surface area (Å²) in [6.07, 6.45) is 2.73. The van der Waals surface area contributed by atoms with Gasteiger partial charge in [0.25, 0.3) is 0 Å². The maximum absolute atomic E-state index is 5.42. The second-order valence-electron chi connectivity index (χ2n) is 5.53. The summed E-state index contributed by atoms with van der Waals surface area (Å²) in [4.78, 5) is 5.20. The Labute approximate surface area is 112 Å². The van der Waals surface area contributed by atoms with Gasteiger partial charge in [0.05, 0.1) is 6.61 Å². The van der Waals surface area contributed by atoms with Gasteiger partial charge in [-0.1, -0.05) is 0 Å². The molecular weight excluding hydrogens is 226 g/mol. The highest BCUT2D eigenvalue weighted by Gasteiger charge is 2.20. The number of ether oxygens (including phenoxy) is 1. The Morgan fingerprint density at radius 1 is 1.06 bits per heavy atom. The van der Waals surface area contributed by atoms with Crippen LogP contribution in [0.25, 0.3) is 0 Å². The lowest BCUT2D eigenvalue weighted by atomic mass is 9.97. The van der Waals surface area contributed by atoms with Crippen molar-refractivity contribution in [3.63, 3.8) is 0 Å². The Morgan fingerprint density at radius 3 is 2.39 bits per heavy atom. The standard InChI is InChI=1S/C14H29N3O/c1-2-18-12-11-16-7-9-17(10-8-16)13-14-3-5-15-6-4-14/h14-15H,2-13H2,1H3. The zero-order chi connectivity index (χ0) is 12.6. The van der Waals surface area contributed by atoms with E-state index in [-0.39, 0.29) is 0 Å². The molecule has 0 amide bonds. The average Bonchev–Trinajstić information content (AvgIpc) is 2.42. The van der Waals surface area contributed by atoms with Crippen molar-refractivity contribution in [1.82, 2.24) is 15.1 Å². The van der Waals surface area contributed by atoms with Crippen molar-refractivity contribution in [3.8, 4) is 0 Å². The summed E-state index contributed by atoms with van der Waals surface area (Å²) in [6.45, 7) is 13.6. The molecule has 0 bridgehead atoms. The zero-order valence-corrected chi connectivity index (χ0v) is 11.9. The van der Waals surface area contributed by atoms with Crippen LogP contribution in [-0.4, -0.2) is 75.4 Å². The molecule has 4 nitrogen and oxygen atoms in total. The van der Waals surface area contributed by atoms with Crippen molar-refractivity contribution in [2.45, 2.75) is 19.8 Å². The summed E-state index contributed by atoms with van der Waals surface area (Å²) in [5, 5.41) is 3.45. The molecule has 0 atom stereocenters. The smallest absolute Gasteiger partial charge is 0.0593 e. The van der Waals surface area contributed by atoms with E-state index in [0.29, 0.717) is 0 Å². The average molecular weight is 255 g/mol. The number of piperazine rings is 1. The number of hydrogen-bond acceptors (Lipinski definition) is 4. The van der Waals surface area contributed by atoms with Crippen LogP contribution >= 0.6 is 0 Å². The molecule has 0 radical (unpaired) electrons. The van der Waals surface area contributed by atoms with Gasteiger partial charge >= 0.3 is 0 Å². The highest BCUT2D eigenvalue weighted by molar-refractivity contribution is 4.77. The van der Waals surface area contributed by atoms with Crippen molar-refractivity contribution in [1.29, 1.82) is 0 Å². The van der Waals surface area contributed by atoms with E-state index in [1.165, 1.54) is 58.7 Å². The molecule has 2 saturated heterocycles. The van der Waals surface area contributed by atoms with Gasteiger partial charge in [-0.3, -0.25) is 4.90 Å². The van der Waals surface area contributed by atoms with E-state index in [1.54, 1.807) is 0 Å². The van der Waals surface area contributed by atoms with Crippen molar-refractivity contribution >= 4 is 0 Å². The molecule has 2 rings (SSSR count). The first-order chi connectivity index (χ1) is 8.88. The summed E-state index contributed by atoms with van der Waals surface area (Å²) in [5.41, 5.74) is 0. The van der Waals surface area contributed by atoms with Crippen molar-refractivity contribution in [2.24, 2.45) is 5.92 Å². The monoisotopic (exact) mass is 255 g/mol. The van der Waals surface area contributed by atoms with E-state index in [2.05, 4.69) is 22.0 Å².